The molecule has 1 aliphatic heterocycles. The molecule has 130 valence electrons. The summed E-state index contributed by atoms with van der Waals surface area (Å²) in [5.74, 6) is 0.878. The zero-order chi connectivity index (χ0) is 15.5. The van der Waals surface area contributed by atoms with E-state index in [9.17, 15) is 0 Å². The minimum Gasteiger partial charge on any atom is -0.357 e. The highest BCUT2D eigenvalue weighted by atomic mass is 127. The highest BCUT2D eigenvalue weighted by Crippen LogP contribution is 2.08. The van der Waals surface area contributed by atoms with Crippen molar-refractivity contribution in [2.45, 2.75) is 39.2 Å². The topological polar surface area (TPSA) is 52.6 Å². The predicted molar refractivity (Wildman–Crippen MR) is 107 cm³/mol. The third kappa shape index (κ3) is 8.50. The molecule has 0 amide bonds. The first-order chi connectivity index (χ1) is 10.9. The van der Waals surface area contributed by atoms with Gasteiger partial charge in [-0.25, -0.2) is 4.99 Å². The lowest BCUT2D eigenvalue weighted by Crippen LogP contribution is -2.41. The molecule has 1 fully saturated rings. The Balaban J connectivity index is 0.00000264. The van der Waals surface area contributed by atoms with E-state index >= 15 is 0 Å². The first-order valence-corrected chi connectivity index (χ1v) is 8.53. The van der Waals surface area contributed by atoms with Crippen LogP contribution in [0.1, 0.15) is 38.3 Å². The third-order valence-corrected chi connectivity index (χ3v) is 3.89. The van der Waals surface area contributed by atoms with Crippen LogP contribution >= 0.6 is 24.0 Å². The monoisotopic (exact) mass is 431 g/mol. The maximum absolute atomic E-state index is 4.60. The van der Waals surface area contributed by atoms with Crippen molar-refractivity contribution in [3.05, 3.63) is 30.1 Å². The minimum absolute atomic E-state index is 0. The Morgan fingerprint density at radius 1 is 1.17 bits per heavy atom. The van der Waals surface area contributed by atoms with Crippen LogP contribution in [-0.4, -0.2) is 48.6 Å². The maximum Gasteiger partial charge on any atom is 0.191 e. The molecule has 1 aliphatic rings. The summed E-state index contributed by atoms with van der Waals surface area (Å²) >= 11 is 0. The van der Waals surface area contributed by atoms with E-state index < -0.39 is 0 Å². The van der Waals surface area contributed by atoms with E-state index in [0.717, 1.165) is 31.3 Å². The number of rotatable bonds is 6. The summed E-state index contributed by atoms with van der Waals surface area (Å²) < 4.78 is 0. The van der Waals surface area contributed by atoms with Gasteiger partial charge in [0.15, 0.2) is 5.96 Å². The van der Waals surface area contributed by atoms with Crippen LogP contribution in [0.15, 0.2) is 29.4 Å². The van der Waals surface area contributed by atoms with Crippen molar-refractivity contribution in [2.24, 2.45) is 4.99 Å². The molecule has 1 aromatic rings. The first-order valence-electron chi connectivity index (χ1n) is 8.53. The molecule has 0 unspecified atom stereocenters. The molecule has 6 heteroatoms. The molecule has 0 radical (unpaired) electrons. The van der Waals surface area contributed by atoms with Crippen molar-refractivity contribution in [3.8, 4) is 0 Å². The third-order valence-electron chi connectivity index (χ3n) is 3.89. The van der Waals surface area contributed by atoms with Gasteiger partial charge in [-0.15, -0.1) is 24.0 Å². The lowest BCUT2D eigenvalue weighted by atomic mass is 10.2. The number of hydrogen-bond acceptors (Lipinski definition) is 3. The maximum atomic E-state index is 4.60. The first kappa shape index (κ1) is 20.2. The van der Waals surface area contributed by atoms with Gasteiger partial charge in [-0.05, 0) is 45.0 Å². The van der Waals surface area contributed by atoms with Gasteiger partial charge in [0, 0.05) is 25.8 Å². The summed E-state index contributed by atoms with van der Waals surface area (Å²) in [6.07, 6.45) is 7.27. The number of guanidine groups is 1. The van der Waals surface area contributed by atoms with E-state index in [2.05, 4.69) is 32.4 Å². The number of nitrogens with zero attached hydrogens (tertiary/aromatic N) is 3. The van der Waals surface area contributed by atoms with Gasteiger partial charge in [0.25, 0.3) is 0 Å². The van der Waals surface area contributed by atoms with E-state index in [4.69, 9.17) is 0 Å². The fourth-order valence-corrected chi connectivity index (χ4v) is 2.69. The molecule has 1 saturated heterocycles. The van der Waals surface area contributed by atoms with E-state index in [0.29, 0.717) is 6.54 Å². The highest BCUT2D eigenvalue weighted by Gasteiger charge is 2.08. The van der Waals surface area contributed by atoms with Crippen molar-refractivity contribution in [1.29, 1.82) is 0 Å². The molecule has 23 heavy (non-hydrogen) atoms. The van der Waals surface area contributed by atoms with Crippen molar-refractivity contribution in [3.63, 3.8) is 0 Å². The summed E-state index contributed by atoms with van der Waals surface area (Å²) in [6, 6.07) is 5.93. The highest BCUT2D eigenvalue weighted by molar-refractivity contribution is 14.0. The Labute approximate surface area is 157 Å². The number of aromatic nitrogens is 1. The number of aliphatic imine (C=N–C) groups is 1. The average molecular weight is 431 g/mol. The van der Waals surface area contributed by atoms with Gasteiger partial charge < -0.3 is 15.5 Å². The summed E-state index contributed by atoms with van der Waals surface area (Å²) in [7, 11) is 0. The predicted octanol–water partition coefficient (Wildman–Crippen LogP) is 2.63. The van der Waals surface area contributed by atoms with Crippen LogP contribution in [0, 0.1) is 0 Å². The number of halogens is 1. The quantitative estimate of drug-likeness (QED) is 0.413. The van der Waals surface area contributed by atoms with E-state index in [1.54, 1.807) is 0 Å². The van der Waals surface area contributed by atoms with Crippen LogP contribution in [-0.2, 0) is 6.54 Å². The van der Waals surface area contributed by atoms with Crippen LogP contribution in [0.25, 0.3) is 0 Å². The zero-order valence-corrected chi connectivity index (χ0v) is 16.5. The van der Waals surface area contributed by atoms with Gasteiger partial charge in [0.2, 0.25) is 0 Å². The number of likely N-dealkylation sites (tertiary alicyclic amines) is 1. The summed E-state index contributed by atoms with van der Waals surface area (Å²) in [6.45, 7) is 8.08. The van der Waals surface area contributed by atoms with Crippen LogP contribution in [0.3, 0.4) is 0 Å². The van der Waals surface area contributed by atoms with Crippen molar-refractivity contribution < 1.29 is 0 Å². The summed E-state index contributed by atoms with van der Waals surface area (Å²) in [4.78, 5) is 11.5. The van der Waals surface area contributed by atoms with Crippen LogP contribution in [0.2, 0.25) is 0 Å². The molecule has 5 nitrogen and oxygen atoms in total. The molecule has 2 rings (SSSR count). The van der Waals surface area contributed by atoms with Gasteiger partial charge in [-0.2, -0.15) is 0 Å². The summed E-state index contributed by atoms with van der Waals surface area (Å²) in [5, 5.41) is 6.72. The van der Waals surface area contributed by atoms with Crippen LogP contribution in [0.5, 0.6) is 0 Å². The molecular weight excluding hydrogens is 401 g/mol. The smallest absolute Gasteiger partial charge is 0.191 e. The standard InChI is InChI=1S/C17H29N5.HI/c1-2-18-17(21-15-16-9-5-6-10-19-16)20-11-14-22-12-7-3-4-8-13-22;/h5-6,9-10H,2-4,7-8,11-15H2,1H3,(H2,18,20,21);1H. The van der Waals surface area contributed by atoms with Crippen LogP contribution in [0.4, 0.5) is 0 Å². The van der Waals surface area contributed by atoms with Crippen molar-refractivity contribution in [1.82, 2.24) is 20.5 Å². The van der Waals surface area contributed by atoms with E-state index in [1.807, 2.05) is 24.4 Å². The fraction of sp³-hybridized carbons (Fsp3) is 0.647. The Hall–Kier alpha value is -0.890. The lowest BCUT2D eigenvalue weighted by Gasteiger charge is -2.20. The molecule has 0 spiro atoms. The molecule has 1 aromatic heterocycles. The molecule has 2 heterocycles. The van der Waals surface area contributed by atoms with E-state index in [1.165, 1.54) is 38.8 Å². The average Bonchev–Trinajstić information content (AvgIpc) is 2.82. The van der Waals surface area contributed by atoms with Crippen molar-refractivity contribution in [2.75, 3.05) is 32.7 Å². The number of pyridine rings is 1. The fourth-order valence-electron chi connectivity index (χ4n) is 2.69. The van der Waals surface area contributed by atoms with Gasteiger partial charge in [0.05, 0.1) is 12.2 Å². The molecule has 0 aliphatic carbocycles. The number of nitrogens with one attached hydrogen (secondary N) is 2. The molecule has 0 atom stereocenters. The minimum atomic E-state index is 0. The van der Waals surface area contributed by atoms with Gasteiger partial charge in [0.1, 0.15) is 0 Å². The Morgan fingerprint density at radius 3 is 2.61 bits per heavy atom. The zero-order valence-electron chi connectivity index (χ0n) is 14.1. The second-order valence-corrected chi connectivity index (χ2v) is 5.70. The SMILES string of the molecule is CCNC(=NCc1ccccn1)NCCN1CCCCCC1.I. The van der Waals surface area contributed by atoms with Gasteiger partial charge in [-0.3, -0.25) is 4.98 Å². The van der Waals surface area contributed by atoms with E-state index in [-0.39, 0.29) is 24.0 Å². The van der Waals surface area contributed by atoms with Gasteiger partial charge in [-0.1, -0.05) is 18.9 Å². The van der Waals surface area contributed by atoms with Crippen LogP contribution < -0.4 is 10.6 Å². The normalized spacial score (nSPS) is 16.3. The molecular formula is C17H30IN5. The largest absolute Gasteiger partial charge is 0.357 e. The molecule has 0 saturated carbocycles. The second kappa shape index (κ2) is 12.5. The Bertz CT molecular complexity index is 430. The number of hydrogen-bond donors (Lipinski definition) is 2. The summed E-state index contributed by atoms with van der Waals surface area (Å²) in [5.41, 5.74) is 0.993. The molecule has 2 N–H and O–H groups in total. The van der Waals surface area contributed by atoms with Gasteiger partial charge >= 0.3 is 0 Å². The van der Waals surface area contributed by atoms with Crippen molar-refractivity contribution >= 4 is 29.9 Å². The molecule has 0 bridgehead atoms. The Morgan fingerprint density at radius 2 is 1.96 bits per heavy atom. The lowest BCUT2D eigenvalue weighted by molar-refractivity contribution is 0.289. The molecule has 0 aromatic carbocycles. The Kier molecular flexibility index (Phi) is 11.0. The second-order valence-electron chi connectivity index (χ2n) is 5.70.